The quantitative estimate of drug-likeness (QED) is 0.743. The molecule has 2 aliphatic heterocycles. The van der Waals surface area contributed by atoms with Crippen molar-refractivity contribution < 1.29 is 19.4 Å². The van der Waals surface area contributed by atoms with Crippen molar-refractivity contribution in [2.24, 2.45) is 5.92 Å². The van der Waals surface area contributed by atoms with Gasteiger partial charge in [-0.1, -0.05) is 49.6 Å². The van der Waals surface area contributed by atoms with Crippen LogP contribution in [0.4, 0.5) is 0 Å². The molecular weight excluding hydrogens is 366 g/mol. The van der Waals surface area contributed by atoms with Crippen molar-refractivity contribution in [2.45, 2.75) is 64.1 Å². The lowest BCUT2D eigenvalue weighted by Gasteiger charge is -2.38. The molecule has 0 radical (unpaired) electrons. The highest BCUT2D eigenvalue weighted by atomic mass is 16.7. The lowest BCUT2D eigenvalue weighted by atomic mass is 9.80. The first-order chi connectivity index (χ1) is 14.2. The fourth-order valence-electron chi connectivity index (χ4n) is 4.42. The molecule has 0 aliphatic carbocycles. The van der Waals surface area contributed by atoms with E-state index >= 15 is 0 Å². The largest absolute Gasteiger partial charge is 0.459 e. The lowest BCUT2D eigenvalue weighted by Crippen LogP contribution is -2.41. The molecule has 0 bridgehead atoms. The Morgan fingerprint density at radius 1 is 1.14 bits per heavy atom. The number of hydrogen-bond donors (Lipinski definition) is 1. The highest BCUT2D eigenvalue weighted by molar-refractivity contribution is 5.91. The van der Waals surface area contributed by atoms with Gasteiger partial charge in [-0.25, -0.2) is 0 Å². The molecule has 3 rings (SSSR count). The summed E-state index contributed by atoms with van der Waals surface area (Å²) in [5.74, 6) is 0.492. The van der Waals surface area contributed by atoms with E-state index in [-0.39, 0.29) is 24.3 Å². The van der Waals surface area contributed by atoms with Crippen LogP contribution in [-0.4, -0.2) is 48.5 Å². The van der Waals surface area contributed by atoms with Crippen LogP contribution in [0.3, 0.4) is 0 Å². The Morgan fingerprint density at radius 2 is 1.83 bits per heavy atom. The van der Waals surface area contributed by atoms with Gasteiger partial charge in [0.15, 0.2) is 5.76 Å². The van der Waals surface area contributed by atoms with Gasteiger partial charge in [-0.2, -0.15) is 0 Å². The number of aliphatic hydroxyl groups is 1. The number of rotatable bonds is 7. The van der Waals surface area contributed by atoms with Gasteiger partial charge in [0.25, 0.3) is 5.91 Å². The van der Waals surface area contributed by atoms with Gasteiger partial charge < -0.3 is 19.5 Å². The van der Waals surface area contributed by atoms with Gasteiger partial charge in [0.1, 0.15) is 0 Å². The molecule has 160 valence electrons. The van der Waals surface area contributed by atoms with E-state index in [1.165, 1.54) is 19.3 Å². The average molecular weight is 402 g/mol. The number of nitrogens with zero attached hydrogens (tertiary/aromatic N) is 1. The summed E-state index contributed by atoms with van der Waals surface area (Å²) in [6.07, 6.45) is 8.71. The second kappa shape index (κ2) is 11.4. The summed E-state index contributed by atoms with van der Waals surface area (Å²) < 4.78 is 12.1. The Balaban J connectivity index is 1.88. The van der Waals surface area contributed by atoms with E-state index in [0.29, 0.717) is 18.8 Å². The third-order valence-electron chi connectivity index (χ3n) is 5.95. The smallest absolute Gasteiger partial charge is 0.288 e. The van der Waals surface area contributed by atoms with Crippen LogP contribution in [0.2, 0.25) is 0 Å². The number of hydrogen-bond acceptors (Lipinski definition) is 4. The number of benzene rings is 1. The third kappa shape index (κ3) is 5.83. The Morgan fingerprint density at radius 3 is 2.48 bits per heavy atom. The van der Waals surface area contributed by atoms with Crippen molar-refractivity contribution >= 4 is 5.91 Å². The lowest BCUT2D eigenvalue weighted by molar-refractivity contribution is -0.170. The van der Waals surface area contributed by atoms with E-state index in [2.05, 4.69) is 12.1 Å². The van der Waals surface area contributed by atoms with Crippen LogP contribution in [0.1, 0.15) is 63.4 Å². The molecular formula is C24H35NO4. The summed E-state index contributed by atoms with van der Waals surface area (Å²) in [6, 6.07) is 10.2. The molecule has 29 heavy (non-hydrogen) atoms. The Kier molecular flexibility index (Phi) is 8.56. The minimum Gasteiger partial charge on any atom is -0.459 e. The maximum absolute atomic E-state index is 13.3. The maximum atomic E-state index is 13.3. The van der Waals surface area contributed by atoms with Crippen LogP contribution in [0.15, 0.2) is 42.2 Å². The average Bonchev–Trinajstić information content (AvgIpc) is 2.72. The first kappa shape index (κ1) is 21.8. The van der Waals surface area contributed by atoms with Gasteiger partial charge in [0.2, 0.25) is 6.29 Å². The number of aliphatic hydroxyl groups excluding tert-OH is 1. The summed E-state index contributed by atoms with van der Waals surface area (Å²) in [4.78, 5) is 15.3. The summed E-state index contributed by atoms with van der Waals surface area (Å²) in [7, 11) is 0. The van der Waals surface area contributed by atoms with Gasteiger partial charge in [0, 0.05) is 38.1 Å². The van der Waals surface area contributed by atoms with Crippen molar-refractivity contribution in [3.8, 4) is 0 Å². The number of amides is 1. The SMILES string of the molecule is CCO[C@H]1OC(C(=O)N2CCCCCCC2)=C[C@@H](c2ccccc2)[C@H]1CCCO. The summed E-state index contributed by atoms with van der Waals surface area (Å²) in [6.45, 7) is 4.20. The van der Waals surface area contributed by atoms with Gasteiger partial charge in [-0.05, 0) is 44.2 Å². The van der Waals surface area contributed by atoms with E-state index in [9.17, 15) is 9.90 Å². The van der Waals surface area contributed by atoms with Crippen LogP contribution < -0.4 is 0 Å². The summed E-state index contributed by atoms with van der Waals surface area (Å²) in [5, 5.41) is 9.37. The fraction of sp³-hybridized carbons (Fsp3) is 0.625. The molecule has 1 aromatic rings. The molecule has 1 N–H and O–H groups in total. The molecule has 1 saturated heterocycles. The van der Waals surface area contributed by atoms with Gasteiger partial charge in [-0.15, -0.1) is 0 Å². The van der Waals surface area contributed by atoms with E-state index in [1.807, 2.05) is 36.1 Å². The predicted molar refractivity (Wildman–Crippen MR) is 113 cm³/mol. The molecule has 0 saturated carbocycles. The number of likely N-dealkylation sites (tertiary alicyclic amines) is 1. The van der Waals surface area contributed by atoms with Gasteiger partial charge in [-0.3, -0.25) is 4.79 Å². The van der Waals surface area contributed by atoms with E-state index in [4.69, 9.17) is 9.47 Å². The van der Waals surface area contributed by atoms with E-state index < -0.39 is 6.29 Å². The number of carbonyl (C=O) groups is 1. The molecule has 3 atom stereocenters. The van der Waals surface area contributed by atoms with Crippen molar-refractivity contribution in [1.82, 2.24) is 4.90 Å². The highest BCUT2D eigenvalue weighted by Crippen LogP contribution is 2.39. The van der Waals surface area contributed by atoms with Crippen molar-refractivity contribution in [3.05, 3.63) is 47.7 Å². The maximum Gasteiger partial charge on any atom is 0.288 e. The molecule has 2 heterocycles. The Bertz CT molecular complexity index is 652. The molecule has 1 aromatic carbocycles. The highest BCUT2D eigenvalue weighted by Gasteiger charge is 2.38. The minimum absolute atomic E-state index is 0.0156. The minimum atomic E-state index is -0.476. The van der Waals surface area contributed by atoms with E-state index in [0.717, 1.165) is 37.9 Å². The van der Waals surface area contributed by atoms with Crippen LogP contribution >= 0.6 is 0 Å². The molecule has 2 aliphatic rings. The normalized spacial score (nSPS) is 25.5. The Hall–Kier alpha value is -1.85. The predicted octanol–water partition coefficient (Wildman–Crippen LogP) is 4.23. The summed E-state index contributed by atoms with van der Waals surface area (Å²) >= 11 is 0. The first-order valence-electron chi connectivity index (χ1n) is 11.2. The molecule has 0 aromatic heterocycles. The molecule has 5 nitrogen and oxygen atoms in total. The van der Waals surface area contributed by atoms with Gasteiger partial charge >= 0.3 is 0 Å². The Labute approximate surface area is 174 Å². The number of allylic oxidation sites excluding steroid dienone is 1. The number of ether oxygens (including phenoxy) is 2. The fourth-order valence-corrected chi connectivity index (χ4v) is 4.42. The zero-order chi connectivity index (χ0) is 20.5. The molecule has 0 unspecified atom stereocenters. The van der Waals surface area contributed by atoms with Crippen molar-refractivity contribution in [3.63, 3.8) is 0 Å². The van der Waals surface area contributed by atoms with Gasteiger partial charge in [0.05, 0.1) is 0 Å². The van der Waals surface area contributed by atoms with Crippen LogP contribution in [-0.2, 0) is 14.3 Å². The second-order valence-electron chi connectivity index (χ2n) is 8.00. The first-order valence-corrected chi connectivity index (χ1v) is 11.2. The molecule has 1 fully saturated rings. The monoisotopic (exact) mass is 401 g/mol. The second-order valence-corrected chi connectivity index (χ2v) is 8.00. The zero-order valence-corrected chi connectivity index (χ0v) is 17.6. The zero-order valence-electron chi connectivity index (χ0n) is 17.6. The van der Waals surface area contributed by atoms with Crippen LogP contribution in [0.25, 0.3) is 0 Å². The molecule has 0 spiro atoms. The summed E-state index contributed by atoms with van der Waals surface area (Å²) in [5.41, 5.74) is 1.15. The number of carbonyl (C=O) groups excluding carboxylic acids is 1. The molecule has 5 heteroatoms. The third-order valence-corrected chi connectivity index (χ3v) is 5.95. The van der Waals surface area contributed by atoms with E-state index in [1.54, 1.807) is 0 Å². The standard InChI is InChI=1S/C24H35NO4/c1-2-28-24-20(14-11-17-26)21(19-12-7-6-8-13-19)18-22(29-24)23(27)25-15-9-4-3-5-10-16-25/h6-8,12-13,18,20-21,24,26H,2-5,9-11,14-17H2,1H3/t20-,21+,24+/m1/s1. The topological polar surface area (TPSA) is 59.0 Å². The molecule has 1 amide bonds. The van der Waals surface area contributed by atoms with Crippen molar-refractivity contribution in [2.75, 3.05) is 26.3 Å². The van der Waals surface area contributed by atoms with Crippen molar-refractivity contribution in [1.29, 1.82) is 0 Å². The van der Waals surface area contributed by atoms with Crippen LogP contribution in [0, 0.1) is 5.92 Å². The van der Waals surface area contributed by atoms with Crippen LogP contribution in [0.5, 0.6) is 0 Å².